The van der Waals surface area contributed by atoms with Gasteiger partial charge < -0.3 is 13.9 Å². The first kappa shape index (κ1) is 32.8. The summed E-state index contributed by atoms with van der Waals surface area (Å²) in [6.45, 7) is 0. The first-order chi connectivity index (χ1) is 28.3. The molecule has 0 saturated carbocycles. The lowest BCUT2D eigenvalue weighted by molar-refractivity contribution is 0.669. The smallest absolute Gasteiger partial charge is 0.135 e. The topological polar surface area (TPSA) is 21.3 Å². The van der Waals surface area contributed by atoms with E-state index in [-0.39, 0.29) is 0 Å². The zero-order chi connectivity index (χ0) is 37.7. The summed E-state index contributed by atoms with van der Waals surface area (Å²) in [5.41, 5.74) is 15.7. The number of hydrogen-bond acceptors (Lipinski definition) is 2. The summed E-state index contributed by atoms with van der Waals surface area (Å²) in [5, 5.41) is 4.74. The fourth-order valence-corrected chi connectivity index (χ4v) is 8.50. The lowest BCUT2D eigenvalue weighted by Gasteiger charge is -2.26. The Balaban J connectivity index is 0.988. The molecule has 11 aromatic rings. The molecule has 0 unspecified atom stereocenters. The van der Waals surface area contributed by atoms with E-state index in [0.717, 1.165) is 44.6 Å². The second kappa shape index (κ2) is 13.6. The summed E-state index contributed by atoms with van der Waals surface area (Å²) in [6.07, 6.45) is 0. The van der Waals surface area contributed by atoms with Crippen molar-refractivity contribution in [3.63, 3.8) is 0 Å². The summed E-state index contributed by atoms with van der Waals surface area (Å²) >= 11 is 0. The predicted molar refractivity (Wildman–Crippen MR) is 239 cm³/mol. The average Bonchev–Trinajstić information content (AvgIpc) is 3.83. The van der Waals surface area contributed by atoms with Gasteiger partial charge in [-0.2, -0.15) is 0 Å². The summed E-state index contributed by atoms with van der Waals surface area (Å²) in [5.74, 6) is 0. The number of rotatable bonds is 7. The van der Waals surface area contributed by atoms with Gasteiger partial charge in [-0.3, -0.25) is 0 Å². The second-order valence-corrected chi connectivity index (χ2v) is 14.5. The van der Waals surface area contributed by atoms with Gasteiger partial charge in [-0.25, -0.2) is 0 Å². The number of benzene rings is 9. The van der Waals surface area contributed by atoms with Crippen molar-refractivity contribution in [1.29, 1.82) is 0 Å². The fraction of sp³-hybridized carbons (Fsp3) is 0. The number of furan rings is 1. The Bertz CT molecular complexity index is 3170. The molecule has 2 heterocycles. The van der Waals surface area contributed by atoms with Gasteiger partial charge in [0.2, 0.25) is 0 Å². The Morgan fingerprint density at radius 2 is 0.825 bits per heavy atom. The van der Waals surface area contributed by atoms with Gasteiger partial charge in [0, 0.05) is 44.2 Å². The van der Waals surface area contributed by atoms with Crippen LogP contribution in [-0.2, 0) is 0 Å². The highest BCUT2D eigenvalue weighted by Crippen LogP contribution is 2.41. The number of aromatic nitrogens is 1. The van der Waals surface area contributed by atoms with Gasteiger partial charge in [-0.1, -0.05) is 146 Å². The fourth-order valence-electron chi connectivity index (χ4n) is 8.50. The van der Waals surface area contributed by atoms with Crippen LogP contribution in [0.5, 0.6) is 0 Å². The van der Waals surface area contributed by atoms with Crippen molar-refractivity contribution in [2.45, 2.75) is 0 Å². The molecule has 0 N–H and O–H groups in total. The van der Waals surface area contributed by atoms with E-state index in [0.29, 0.717) is 0 Å². The standard InChI is InChI=1S/C54H36N2O/c1-2-13-37(14-3-1)38-25-29-42(30-26-38)55(44-33-34-54-49(36-44)48-20-7-11-24-53(48)57-54)43-31-27-39(28-32-43)40-15-12-16-41(35-40)45-17-4-8-21-50(45)56-51-22-9-5-18-46(51)47-19-6-10-23-52(47)56/h1-36H. The summed E-state index contributed by atoms with van der Waals surface area (Å²) < 4.78 is 8.62. The SMILES string of the molecule is c1ccc(-c2ccc(N(c3ccc(-c4cccc(-c5ccccc5-n5c6ccccc6c6ccccc65)c4)cc3)c3ccc4oc5ccccc5c4c3)cc2)cc1. The van der Waals surface area contributed by atoms with Crippen molar-refractivity contribution in [1.82, 2.24) is 4.57 Å². The third-order valence-electron chi connectivity index (χ3n) is 11.2. The molecule has 0 aliphatic heterocycles. The largest absolute Gasteiger partial charge is 0.456 e. The second-order valence-electron chi connectivity index (χ2n) is 14.5. The molecule has 0 fully saturated rings. The maximum atomic E-state index is 6.22. The van der Waals surface area contributed by atoms with Crippen molar-refractivity contribution >= 4 is 60.8 Å². The number of nitrogens with zero attached hydrogens (tertiary/aromatic N) is 2. The highest BCUT2D eigenvalue weighted by atomic mass is 16.3. The molecule has 0 spiro atoms. The normalized spacial score (nSPS) is 11.5. The van der Waals surface area contributed by atoms with Gasteiger partial charge in [0.15, 0.2) is 0 Å². The number of para-hydroxylation sites is 4. The Kier molecular flexibility index (Phi) is 7.82. The number of hydrogen-bond donors (Lipinski definition) is 0. The first-order valence-corrected chi connectivity index (χ1v) is 19.4. The van der Waals surface area contributed by atoms with Crippen molar-refractivity contribution in [3.05, 3.63) is 218 Å². The monoisotopic (exact) mass is 728 g/mol. The van der Waals surface area contributed by atoms with Crippen LogP contribution >= 0.6 is 0 Å². The maximum absolute atomic E-state index is 6.22. The third-order valence-corrected chi connectivity index (χ3v) is 11.2. The molecule has 268 valence electrons. The summed E-state index contributed by atoms with van der Waals surface area (Å²) in [7, 11) is 0. The molecule has 11 rings (SSSR count). The van der Waals surface area contributed by atoms with Gasteiger partial charge in [-0.15, -0.1) is 0 Å². The van der Waals surface area contributed by atoms with Crippen molar-refractivity contribution in [3.8, 4) is 39.1 Å². The van der Waals surface area contributed by atoms with Gasteiger partial charge in [0.05, 0.1) is 16.7 Å². The van der Waals surface area contributed by atoms with Crippen molar-refractivity contribution < 1.29 is 4.42 Å². The molecule has 0 aliphatic rings. The molecule has 3 nitrogen and oxygen atoms in total. The van der Waals surface area contributed by atoms with E-state index >= 15 is 0 Å². The third kappa shape index (κ3) is 5.68. The van der Waals surface area contributed by atoms with Gasteiger partial charge >= 0.3 is 0 Å². The van der Waals surface area contributed by atoms with Crippen LogP contribution in [0.1, 0.15) is 0 Å². The zero-order valence-corrected chi connectivity index (χ0v) is 31.1. The Hall–Kier alpha value is -7.62. The Labute approximate surface area is 330 Å². The molecule has 2 aromatic heterocycles. The van der Waals surface area contributed by atoms with E-state index in [1.54, 1.807) is 0 Å². The van der Waals surface area contributed by atoms with Crippen LogP contribution in [0.3, 0.4) is 0 Å². The summed E-state index contributed by atoms with van der Waals surface area (Å²) in [4.78, 5) is 2.33. The van der Waals surface area contributed by atoms with Gasteiger partial charge in [0.25, 0.3) is 0 Å². The van der Waals surface area contributed by atoms with Crippen LogP contribution < -0.4 is 4.90 Å². The minimum Gasteiger partial charge on any atom is -0.456 e. The molecular weight excluding hydrogens is 693 g/mol. The minimum atomic E-state index is 0.884. The number of anilines is 3. The number of fused-ring (bicyclic) bond motifs is 6. The van der Waals surface area contributed by atoms with Crippen LogP contribution in [0.4, 0.5) is 17.1 Å². The molecule has 57 heavy (non-hydrogen) atoms. The van der Waals surface area contributed by atoms with Crippen LogP contribution in [0, 0.1) is 0 Å². The zero-order valence-electron chi connectivity index (χ0n) is 31.1. The molecule has 0 bridgehead atoms. The minimum absolute atomic E-state index is 0.884. The maximum Gasteiger partial charge on any atom is 0.135 e. The summed E-state index contributed by atoms with van der Waals surface area (Å²) in [6, 6.07) is 78.2. The van der Waals surface area contributed by atoms with E-state index in [1.807, 2.05) is 12.1 Å². The van der Waals surface area contributed by atoms with E-state index < -0.39 is 0 Å². The van der Waals surface area contributed by atoms with Crippen LogP contribution in [0.15, 0.2) is 223 Å². The van der Waals surface area contributed by atoms with E-state index in [1.165, 1.54) is 55.3 Å². The van der Waals surface area contributed by atoms with Gasteiger partial charge in [-0.05, 0) is 101 Å². The molecule has 0 atom stereocenters. The van der Waals surface area contributed by atoms with Crippen molar-refractivity contribution in [2.24, 2.45) is 0 Å². The highest BCUT2D eigenvalue weighted by Gasteiger charge is 2.18. The van der Waals surface area contributed by atoms with Crippen LogP contribution in [-0.4, -0.2) is 4.57 Å². The van der Waals surface area contributed by atoms with E-state index in [9.17, 15) is 0 Å². The van der Waals surface area contributed by atoms with Crippen molar-refractivity contribution in [2.75, 3.05) is 4.90 Å². The molecule has 0 radical (unpaired) electrons. The van der Waals surface area contributed by atoms with Crippen LogP contribution in [0.2, 0.25) is 0 Å². The molecule has 9 aromatic carbocycles. The van der Waals surface area contributed by atoms with Crippen LogP contribution in [0.25, 0.3) is 82.8 Å². The quantitative estimate of drug-likeness (QED) is 0.163. The molecule has 0 aliphatic carbocycles. The molecule has 0 amide bonds. The lowest BCUT2D eigenvalue weighted by atomic mass is 9.97. The molecular formula is C54H36N2O. The van der Waals surface area contributed by atoms with E-state index in [4.69, 9.17) is 4.42 Å². The predicted octanol–water partition coefficient (Wildman–Crippen LogP) is 15.2. The molecule has 0 saturated heterocycles. The highest BCUT2D eigenvalue weighted by molar-refractivity contribution is 6.10. The average molecular weight is 729 g/mol. The van der Waals surface area contributed by atoms with Gasteiger partial charge in [0.1, 0.15) is 11.2 Å². The van der Waals surface area contributed by atoms with E-state index in [2.05, 4.69) is 216 Å². The Morgan fingerprint density at radius 1 is 0.316 bits per heavy atom. The molecule has 3 heteroatoms. The Morgan fingerprint density at radius 3 is 1.54 bits per heavy atom. The first-order valence-electron chi connectivity index (χ1n) is 19.4. The lowest BCUT2D eigenvalue weighted by Crippen LogP contribution is -2.09.